The Kier molecular flexibility index (Phi) is 3.64. The van der Waals surface area contributed by atoms with Crippen LogP contribution in [0, 0.1) is 13.8 Å². The van der Waals surface area contributed by atoms with Gasteiger partial charge in [-0.15, -0.1) is 0 Å². The average Bonchev–Trinajstić information content (AvgIpc) is 2.57. The van der Waals surface area contributed by atoms with E-state index in [0.29, 0.717) is 6.54 Å². The van der Waals surface area contributed by atoms with Crippen LogP contribution in [-0.4, -0.2) is 16.3 Å². The summed E-state index contributed by atoms with van der Waals surface area (Å²) in [4.78, 5) is 0. The third-order valence-corrected chi connectivity index (χ3v) is 3.58. The standard InChI is InChI=1S/C13H16BrN3/c1-9-4-3-5-11(8-9)17-13(14)12(6-7-15)10(2)16-17/h3-5,8H,6-7,15H2,1-2H3. The van der Waals surface area contributed by atoms with Gasteiger partial charge in [0, 0.05) is 5.56 Å². The molecule has 0 spiro atoms. The summed E-state index contributed by atoms with van der Waals surface area (Å²) in [6, 6.07) is 8.28. The number of hydrogen-bond donors (Lipinski definition) is 1. The van der Waals surface area contributed by atoms with Crippen LogP contribution in [0.1, 0.15) is 16.8 Å². The molecular weight excluding hydrogens is 278 g/mol. The number of aromatic nitrogens is 2. The number of nitrogens with two attached hydrogens (primary N) is 1. The zero-order chi connectivity index (χ0) is 12.4. The van der Waals surface area contributed by atoms with Crippen LogP contribution >= 0.6 is 15.9 Å². The van der Waals surface area contributed by atoms with Crippen molar-refractivity contribution in [2.45, 2.75) is 20.3 Å². The Balaban J connectivity index is 2.50. The van der Waals surface area contributed by atoms with Crippen molar-refractivity contribution in [3.63, 3.8) is 0 Å². The van der Waals surface area contributed by atoms with Crippen LogP contribution in [-0.2, 0) is 6.42 Å². The van der Waals surface area contributed by atoms with Gasteiger partial charge in [-0.3, -0.25) is 0 Å². The van der Waals surface area contributed by atoms with Gasteiger partial charge in [0.05, 0.1) is 11.4 Å². The molecule has 0 aliphatic carbocycles. The Morgan fingerprint density at radius 1 is 1.35 bits per heavy atom. The number of aryl methyl sites for hydroxylation is 2. The number of hydrogen-bond acceptors (Lipinski definition) is 2. The summed E-state index contributed by atoms with van der Waals surface area (Å²) in [5.74, 6) is 0. The smallest absolute Gasteiger partial charge is 0.113 e. The first-order valence-electron chi connectivity index (χ1n) is 5.64. The third-order valence-electron chi connectivity index (χ3n) is 2.76. The van der Waals surface area contributed by atoms with E-state index in [9.17, 15) is 0 Å². The fourth-order valence-corrected chi connectivity index (χ4v) is 2.66. The molecule has 2 N–H and O–H groups in total. The van der Waals surface area contributed by atoms with Crippen LogP contribution in [0.5, 0.6) is 0 Å². The second-order valence-corrected chi connectivity index (χ2v) is 4.90. The summed E-state index contributed by atoms with van der Waals surface area (Å²) in [5, 5.41) is 4.55. The maximum atomic E-state index is 5.61. The average molecular weight is 294 g/mol. The van der Waals surface area contributed by atoms with Crippen molar-refractivity contribution in [2.75, 3.05) is 6.54 Å². The minimum absolute atomic E-state index is 0.638. The highest BCUT2D eigenvalue weighted by atomic mass is 79.9. The number of nitrogens with zero attached hydrogens (tertiary/aromatic N) is 2. The van der Waals surface area contributed by atoms with E-state index >= 15 is 0 Å². The summed E-state index contributed by atoms with van der Waals surface area (Å²) in [6.07, 6.45) is 0.845. The summed E-state index contributed by atoms with van der Waals surface area (Å²) in [5.41, 5.74) is 10.1. The minimum Gasteiger partial charge on any atom is -0.330 e. The van der Waals surface area contributed by atoms with Gasteiger partial charge in [-0.1, -0.05) is 12.1 Å². The van der Waals surface area contributed by atoms with Crippen molar-refractivity contribution in [1.82, 2.24) is 9.78 Å². The van der Waals surface area contributed by atoms with Crippen LogP contribution in [0.25, 0.3) is 5.69 Å². The van der Waals surface area contributed by atoms with Crippen molar-refractivity contribution >= 4 is 15.9 Å². The molecule has 0 aliphatic heterocycles. The first-order valence-corrected chi connectivity index (χ1v) is 6.44. The lowest BCUT2D eigenvalue weighted by Crippen LogP contribution is -2.03. The molecule has 3 nitrogen and oxygen atoms in total. The maximum absolute atomic E-state index is 5.61. The molecule has 1 aromatic heterocycles. The van der Waals surface area contributed by atoms with E-state index in [1.54, 1.807) is 0 Å². The van der Waals surface area contributed by atoms with Crippen LogP contribution in [0.4, 0.5) is 0 Å². The molecule has 2 rings (SSSR count). The third kappa shape index (κ3) is 2.42. The molecule has 0 bridgehead atoms. The molecule has 0 atom stereocenters. The van der Waals surface area contributed by atoms with E-state index in [0.717, 1.165) is 22.4 Å². The van der Waals surface area contributed by atoms with Crippen LogP contribution in [0.15, 0.2) is 28.9 Å². The van der Waals surface area contributed by atoms with Gasteiger partial charge < -0.3 is 5.73 Å². The van der Waals surface area contributed by atoms with Gasteiger partial charge in [0.25, 0.3) is 0 Å². The lowest BCUT2D eigenvalue weighted by atomic mass is 10.2. The molecule has 0 aliphatic rings. The van der Waals surface area contributed by atoms with Crippen molar-refractivity contribution < 1.29 is 0 Å². The summed E-state index contributed by atoms with van der Waals surface area (Å²) in [7, 11) is 0. The van der Waals surface area contributed by atoms with E-state index in [2.05, 4.69) is 46.2 Å². The Hall–Kier alpha value is -1.13. The van der Waals surface area contributed by atoms with Gasteiger partial charge in [-0.25, -0.2) is 4.68 Å². The Morgan fingerprint density at radius 2 is 2.12 bits per heavy atom. The molecule has 0 unspecified atom stereocenters. The highest BCUT2D eigenvalue weighted by Gasteiger charge is 2.13. The minimum atomic E-state index is 0.638. The molecule has 0 radical (unpaired) electrons. The molecular formula is C13H16BrN3. The first-order chi connectivity index (χ1) is 8.13. The molecule has 4 heteroatoms. The quantitative estimate of drug-likeness (QED) is 0.946. The van der Waals surface area contributed by atoms with E-state index in [1.165, 1.54) is 11.1 Å². The number of rotatable bonds is 3. The van der Waals surface area contributed by atoms with Crippen molar-refractivity contribution in [2.24, 2.45) is 5.73 Å². The largest absolute Gasteiger partial charge is 0.330 e. The Labute approximate surface area is 110 Å². The summed E-state index contributed by atoms with van der Waals surface area (Å²) in [6.45, 7) is 4.73. The molecule has 1 heterocycles. The van der Waals surface area contributed by atoms with Crippen molar-refractivity contribution in [3.05, 3.63) is 45.7 Å². The van der Waals surface area contributed by atoms with Crippen molar-refractivity contribution in [3.8, 4) is 5.69 Å². The van der Waals surface area contributed by atoms with E-state index in [-0.39, 0.29) is 0 Å². The summed E-state index contributed by atoms with van der Waals surface area (Å²) >= 11 is 3.61. The molecule has 0 saturated heterocycles. The molecule has 1 aromatic carbocycles. The number of halogens is 1. The van der Waals surface area contributed by atoms with Crippen molar-refractivity contribution in [1.29, 1.82) is 0 Å². The molecule has 17 heavy (non-hydrogen) atoms. The van der Waals surface area contributed by atoms with Gasteiger partial charge in [0.2, 0.25) is 0 Å². The normalized spacial score (nSPS) is 10.8. The second-order valence-electron chi connectivity index (χ2n) is 4.14. The molecule has 90 valence electrons. The highest BCUT2D eigenvalue weighted by molar-refractivity contribution is 9.10. The fourth-order valence-electron chi connectivity index (χ4n) is 1.89. The van der Waals surface area contributed by atoms with Crippen LogP contribution in [0.2, 0.25) is 0 Å². The zero-order valence-corrected chi connectivity index (χ0v) is 11.7. The lowest BCUT2D eigenvalue weighted by Gasteiger charge is -2.04. The van der Waals surface area contributed by atoms with Crippen LogP contribution in [0.3, 0.4) is 0 Å². The van der Waals surface area contributed by atoms with Gasteiger partial charge in [-0.05, 0) is 60.4 Å². The SMILES string of the molecule is Cc1cccc(-n2nc(C)c(CCN)c2Br)c1. The Bertz CT molecular complexity index is 531. The van der Waals surface area contributed by atoms with E-state index in [4.69, 9.17) is 5.73 Å². The summed E-state index contributed by atoms with van der Waals surface area (Å²) < 4.78 is 2.93. The zero-order valence-electron chi connectivity index (χ0n) is 10.1. The maximum Gasteiger partial charge on any atom is 0.113 e. The van der Waals surface area contributed by atoms with Gasteiger partial charge >= 0.3 is 0 Å². The molecule has 2 aromatic rings. The molecule has 0 saturated carbocycles. The first kappa shape index (κ1) is 12.3. The van der Waals surface area contributed by atoms with Gasteiger partial charge in [0.1, 0.15) is 4.60 Å². The predicted molar refractivity (Wildman–Crippen MR) is 73.5 cm³/mol. The topological polar surface area (TPSA) is 43.8 Å². The lowest BCUT2D eigenvalue weighted by molar-refractivity contribution is 0.843. The van der Waals surface area contributed by atoms with Gasteiger partial charge in [-0.2, -0.15) is 5.10 Å². The van der Waals surface area contributed by atoms with Crippen LogP contribution < -0.4 is 5.73 Å². The highest BCUT2D eigenvalue weighted by Crippen LogP contribution is 2.24. The van der Waals surface area contributed by atoms with Gasteiger partial charge in [0.15, 0.2) is 0 Å². The predicted octanol–water partition coefficient (Wildman–Crippen LogP) is 2.75. The van der Waals surface area contributed by atoms with E-state index in [1.807, 2.05) is 17.7 Å². The fraction of sp³-hybridized carbons (Fsp3) is 0.308. The second kappa shape index (κ2) is 5.02. The molecule has 0 amide bonds. The number of benzene rings is 1. The van der Waals surface area contributed by atoms with E-state index < -0.39 is 0 Å². The monoisotopic (exact) mass is 293 g/mol. The molecule has 0 fully saturated rings. The Morgan fingerprint density at radius 3 is 2.76 bits per heavy atom.